The smallest absolute Gasteiger partial charge is 0.152 e. The maximum Gasteiger partial charge on any atom is 0.152 e. The molecular formula is C16H18O2S. The van der Waals surface area contributed by atoms with Crippen molar-refractivity contribution < 1.29 is 8.39 Å². The van der Waals surface area contributed by atoms with E-state index in [1.807, 2.05) is 18.2 Å². The molecule has 0 heterocycles. The molecule has 0 aliphatic rings. The van der Waals surface area contributed by atoms with Crippen molar-refractivity contribution in [3.05, 3.63) is 60.2 Å². The van der Waals surface area contributed by atoms with Crippen molar-refractivity contribution in [1.29, 1.82) is 0 Å². The second kappa shape index (κ2) is 7.22. The highest BCUT2D eigenvalue weighted by molar-refractivity contribution is 7.79. The van der Waals surface area contributed by atoms with Gasteiger partial charge >= 0.3 is 0 Å². The Balaban J connectivity index is 1.90. The van der Waals surface area contributed by atoms with Gasteiger partial charge in [-0.25, -0.2) is 4.21 Å². The zero-order chi connectivity index (χ0) is 13.5. The third-order valence-electron chi connectivity index (χ3n) is 2.92. The van der Waals surface area contributed by atoms with E-state index >= 15 is 0 Å². The molecule has 0 aliphatic carbocycles. The summed E-state index contributed by atoms with van der Waals surface area (Å²) in [5.41, 5.74) is 3.75. The van der Waals surface area contributed by atoms with E-state index in [2.05, 4.69) is 36.4 Å². The Morgan fingerprint density at radius 2 is 1.58 bits per heavy atom. The predicted octanol–water partition coefficient (Wildman–Crippen LogP) is 3.60. The average Bonchev–Trinajstić information content (AvgIpc) is 2.45. The van der Waals surface area contributed by atoms with Gasteiger partial charge in [-0.3, -0.25) is 4.18 Å². The SMILES string of the molecule is CS(=O)OCCCc1ccc(-c2ccccc2)cc1. The van der Waals surface area contributed by atoms with Gasteiger partial charge in [0.2, 0.25) is 0 Å². The van der Waals surface area contributed by atoms with Gasteiger partial charge in [-0.2, -0.15) is 0 Å². The first kappa shape index (κ1) is 14.0. The number of benzene rings is 2. The average molecular weight is 274 g/mol. The van der Waals surface area contributed by atoms with Gasteiger partial charge in [-0.15, -0.1) is 0 Å². The Morgan fingerprint density at radius 3 is 2.21 bits per heavy atom. The lowest BCUT2D eigenvalue weighted by atomic mass is 10.0. The van der Waals surface area contributed by atoms with Gasteiger partial charge in [-0.1, -0.05) is 54.6 Å². The van der Waals surface area contributed by atoms with Crippen LogP contribution < -0.4 is 0 Å². The summed E-state index contributed by atoms with van der Waals surface area (Å²) in [7, 11) is 0. The van der Waals surface area contributed by atoms with Crippen molar-refractivity contribution in [2.45, 2.75) is 12.8 Å². The van der Waals surface area contributed by atoms with Crippen LogP contribution >= 0.6 is 0 Å². The summed E-state index contributed by atoms with van der Waals surface area (Å²) in [6, 6.07) is 18.9. The van der Waals surface area contributed by atoms with Crippen molar-refractivity contribution in [1.82, 2.24) is 0 Å². The third-order valence-corrected chi connectivity index (χ3v) is 3.42. The lowest BCUT2D eigenvalue weighted by molar-refractivity contribution is 0.343. The minimum Gasteiger partial charge on any atom is -0.291 e. The third kappa shape index (κ3) is 4.62. The van der Waals surface area contributed by atoms with Crippen LogP contribution in [-0.2, 0) is 21.7 Å². The molecule has 2 aromatic rings. The lowest BCUT2D eigenvalue weighted by Crippen LogP contribution is -1.98. The van der Waals surface area contributed by atoms with Crippen LogP contribution in [0.15, 0.2) is 54.6 Å². The summed E-state index contributed by atoms with van der Waals surface area (Å²) in [6.07, 6.45) is 3.39. The first-order valence-electron chi connectivity index (χ1n) is 6.37. The van der Waals surface area contributed by atoms with E-state index in [1.54, 1.807) is 6.26 Å². The molecule has 0 bridgehead atoms. The summed E-state index contributed by atoms with van der Waals surface area (Å²) in [6.45, 7) is 0.545. The first-order chi connectivity index (χ1) is 9.25. The molecule has 3 heteroatoms. The molecule has 2 aromatic carbocycles. The molecule has 2 nitrogen and oxygen atoms in total. The topological polar surface area (TPSA) is 26.3 Å². The summed E-state index contributed by atoms with van der Waals surface area (Å²) in [4.78, 5) is 0. The molecule has 100 valence electrons. The number of aryl methyl sites for hydroxylation is 1. The van der Waals surface area contributed by atoms with Gasteiger partial charge in [0.25, 0.3) is 0 Å². The van der Waals surface area contributed by atoms with Crippen LogP contribution in [0.3, 0.4) is 0 Å². The Kier molecular flexibility index (Phi) is 5.31. The summed E-state index contributed by atoms with van der Waals surface area (Å²) in [5.74, 6) is 0. The summed E-state index contributed by atoms with van der Waals surface area (Å²) >= 11 is -1.15. The van der Waals surface area contributed by atoms with Crippen LogP contribution in [-0.4, -0.2) is 17.1 Å². The molecule has 0 radical (unpaired) electrons. The monoisotopic (exact) mass is 274 g/mol. The van der Waals surface area contributed by atoms with Crippen LogP contribution in [0.5, 0.6) is 0 Å². The first-order valence-corrected chi connectivity index (χ1v) is 7.85. The van der Waals surface area contributed by atoms with Crippen LogP contribution in [0.1, 0.15) is 12.0 Å². The molecule has 0 amide bonds. The molecule has 0 spiro atoms. The second-order valence-corrected chi connectivity index (χ2v) is 5.43. The van der Waals surface area contributed by atoms with E-state index in [1.165, 1.54) is 16.7 Å². The number of hydrogen-bond acceptors (Lipinski definition) is 2. The molecule has 0 saturated carbocycles. The number of rotatable bonds is 6. The standard InChI is InChI=1S/C16H18O2S/c1-19(17)18-13-5-6-14-9-11-16(12-10-14)15-7-3-2-4-8-15/h2-4,7-12H,5-6,13H2,1H3. The predicted molar refractivity (Wildman–Crippen MR) is 80.2 cm³/mol. The summed E-state index contributed by atoms with van der Waals surface area (Å²) in [5, 5.41) is 0. The van der Waals surface area contributed by atoms with Crippen molar-refractivity contribution >= 4 is 11.1 Å². The van der Waals surface area contributed by atoms with E-state index in [4.69, 9.17) is 4.18 Å². The number of hydrogen-bond donors (Lipinski definition) is 0. The highest BCUT2D eigenvalue weighted by Gasteiger charge is 1.98. The van der Waals surface area contributed by atoms with Gasteiger partial charge in [0.15, 0.2) is 11.1 Å². The fourth-order valence-electron chi connectivity index (χ4n) is 1.95. The second-order valence-electron chi connectivity index (χ2n) is 4.39. The maximum absolute atomic E-state index is 10.7. The van der Waals surface area contributed by atoms with E-state index in [0.29, 0.717) is 6.61 Å². The van der Waals surface area contributed by atoms with Gasteiger partial charge in [0.05, 0.1) is 6.61 Å². The molecule has 0 saturated heterocycles. The largest absolute Gasteiger partial charge is 0.291 e. The highest BCUT2D eigenvalue weighted by Crippen LogP contribution is 2.19. The molecule has 1 atom stereocenters. The van der Waals surface area contributed by atoms with E-state index < -0.39 is 11.1 Å². The minimum atomic E-state index is -1.15. The molecule has 0 aromatic heterocycles. The van der Waals surface area contributed by atoms with E-state index in [9.17, 15) is 4.21 Å². The molecule has 0 N–H and O–H groups in total. The van der Waals surface area contributed by atoms with E-state index in [0.717, 1.165) is 12.8 Å². The Labute approximate surface area is 117 Å². The van der Waals surface area contributed by atoms with Crippen molar-refractivity contribution in [3.8, 4) is 11.1 Å². The highest BCUT2D eigenvalue weighted by atomic mass is 32.2. The molecule has 0 fully saturated rings. The Hall–Kier alpha value is -1.45. The molecule has 2 rings (SSSR count). The zero-order valence-corrected chi connectivity index (χ0v) is 11.9. The molecule has 0 aliphatic heterocycles. The fourth-order valence-corrected chi connectivity index (χ4v) is 2.30. The van der Waals surface area contributed by atoms with Crippen molar-refractivity contribution in [3.63, 3.8) is 0 Å². The van der Waals surface area contributed by atoms with Gasteiger partial charge in [-0.05, 0) is 29.5 Å². The Morgan fingerprint density at radius 1 is 0.947 bits per heavy atom. The van der Waals surface area contributed by atoms with Crippen molar-refractivity contribution in [2.24, 2.45) is 0 Å². The lowest BCUT2D eigenvalue weighted by Gasteiger charge is -2.04. The summed E-state index contributed by atoms with van der Waals surface area (Å²) < 4.78 is 15.8. The van der Waals surface area contributed by atoms with Crippen LogP contribution in [0, 0.1) is 0 Å². The van der Waals surface area contributed by atoms with Crippen LogP contribution in [0.2, 0.25) is 0 Å². The quantitative estimate of drug-likeness (QED) is 0.752. The zero-order valence-electron chi connectivity index (χ0n) is 11.0. The molecule has 1 unspecified atom stereocenters. The Bertz CT molecular complexity index is 520. The van der Waals surface area contributed by atoms with Gasteiger partial charge in [0.1, 0.15) is 0 Å². The normalized spacial score (nSPS) is 12.3. The molecular weight excluding hydrogens is 256 g/mol. The van der Waals surface area contributed by atoms with Crippen molar-refractivity contribution in [2.75, 3.05) is 12.9 Å². The van der Waals surface area contributed by atoms with Gasteiger partial charge < -0.3 is 0 Å². The van der Waals surface area contributed by atoms with Crippen LogP contribution in [0.4, 0.5) is 0 Å². The fraction of sp³-hybridized carbons (Fsp3) is 0.250. The van der Waals surface area contributed by atoms with Crippen LogP contribution in [0.25, 0.3) is 11.1 Å². The maximum atomic E-state index is 10.7. The molecule has 19 heavy (non-hydrogen) atoms. The van der Waals surface area contributed by atoms with E-state index in [-0.39, 0.29) is 0 Å². The van der Waals surface area contributed by atoms with Gasteiger partial charge in [0, 0.05) is 6.26 Å². The minimum absolute atomic E-state index is 0.545.